The average Bonchev–Trinajstić information content (AvgIpc) is 2.41. The van der Waals surface area contributed by atoms with Crippen molar-refractivity contribution in [2.75, 3.05) is 33.8 Å². The van der Waals surface area contributed by atoms with Gasteiger partial charge in [-0.3, -0.25) is 4.79 Å². The molecule has 1 amide bonds. The number of halogens is 1. The maximum Gasteiger partial charge on any atom is 0.251 e. The highest BCUT2D eigenvalue weighted by Gasteiger charge is 2.08. The molecule has 1 aromatic rings. The molecule has 0 unspecified atom stereocenters. The smallest absolute Gasteiger partial charge is 0.251 e. The van der Waals surface area contributed by atoms with E-state index in [0.717, 1.165) is 19.0 Å². The molecule has 0 radical (unpaired) electrons. The van der Waals surface area contributed by atoms with E-state index in [2.05, 4.69) is 17.2 Å². The van der Waals surface area contributed by atoms with Crippen molar-refractivity contribution in [2.45, 2.75) is 6.42 Å². The van der Waals surface area contributed by atoms with E-state index in [1.807, 2.05) is 19.0 Å². The fraction of sp³-hybridized carbons (Fsp3) is 0.400. The fourth-order valence-electron chi connectivity index (χ4n) is 1.59. The third-order valence-electron chi connectivity index (χ3n) is 2.60. The number of carbonyl (C=O) groups excluding carboxylic acids is 1. The Morgan fingerprint density at radius 1 is 1.45 bits per heavy atom. The van der Waals surface area contributed by atoms with E-state index in [4.69, 9.17) is 5.11 Å². The fourth-order valence-corrected chi connectivity index (χ4v) is 1.59. The maximum absolute atomic E-state index is 13.7. The normalized spacial score (nSPS) is 10.1. The van der Waals surface area contributed by atoms with Gasteiger partial charge >= 0.3 is 0 Å². The van der Waals surface area contributed by atoms with Crippen molar-refractivity contribution in [3.63, 3.8) is 0 Å². The topological polar surface area (TPSA) is 52.6 Å². The Kier molecular flexibility index (Phi) is 6.71. The van der Waals surface area contributed by atoms with Crippen molar-refractivity contribution in [3.05, 3.63) is 35.1 Å². The first-order chi connectivity index (χ1) is 9.54. The lowest BCUT2D eigenvalue weighted by Gasteiger charge is -2.10. The van der Waals surface area contributed by atoms with E-state index in [0.29, 0.717) is 6.54 Å². The van der Waals surface area contributed by atoms with Crippen LogP contribution in [-0.4, -0.2) is 49.7 Å². The van der Waals surface area contributed by atoms with Crippen LogP contribution in [-0.2, 0) is 0 Å². The summed E-state index contributed by atoms with van der Waals surface area (Å²) in [4.78, 5) is 13.8. The van der Waals surface area contributed by atoms with Crippen molar-refractivity contribution in [2.24, 2.45) is 0 Å². The molecule has 20 heavy (non-hydrogen) atoms. The molecule has 108 valence electrons. The van der Waals surface area contributed by atoms with Crippen LogP contribution in [0.4, 0.5) is 4.39 Å². The predicted molar refractivity (Wildman–Crippen MR) is 75.9 cm³/mol. The van der Waals surface area contributed by atoms with Crippen LogP contribution in [0.25, 0.3) is 0 Å². The lowest BCUT2D eigenvalue weighted by molar-refractivity contribution is 0.0952. The lowest BCUT2D eigenvalue weighted by atomic mass is 10.1. The van der Waals surface area contributed by atoms with Crippen molar-refractivity contribution >= 4 is 5.91 Å². The summed E-state index contributed by atoms with van der Waals surface area (Å²) in [7, 11) is 3.92. The molecule has 4 nitrogen and oxygen atoms in total. The molecule has 0 aromatic heterocycles. The maximum atomic E-state index is 13.7. The number of aliphatic hydroxyl groups is 1. The second-order valence-electron chi connectivity index (χ2n) is 4.57. The van der Waals surface area contributed by atoms with Crippen molar-refractivity contribution in [1.82, 2.24) is 10.2 Å². The Balaban J connectivity index is 2.59. The molecule has 0 saturated heterocycles. The molecule has 0 aliphatic heterocycles. The number of nitrogens with zero attached hydrogens (tertiary/aromatic N) is 1. The molecule has 1 rings (SSSR count). The van der Waals surface area contributed by atoms with Crippen LogP contribution in [0.2, 0.25) is 0 Å². The molecule has 0 heterocycles. The first-order valence-corrected chi connectivity index (χ1v) is 6.37. The highest BCUT2D eigenvalue weighted by atomic mass is 19.1. The number of hydrogen-bond acceptors (Lipinski definition) is 3. The molecule has 2 N–H and O–H groups in total. The lowest BCUT2D eigenvalue weighted by Crippen LogP contribution is -2.27. The Morgan fingerprint density at radius 2 is 2.20 bits per heavy atom. The second-order valence-corrected chi connectivity index (χ2v) is 4.57. The third kappa shape index (κ3) is 5.39. The van der Waals surface area contributed by atoms with Gasteiger partial charge in [-0.25, -0.2) is 4.39 Å². The summed E-state index contributed by atoms with van der Waals surface area (Å²) in [6.07, 6.45) is 0.835. The summed E-state index contributed by atoms with van der Waals surface area (Å²) in [5, 5.41) is 11.3. The van der Waals surface area contributed by atoms with Crippen LogP contribution in [0.1, 0.15) is 22.3 Å². The summed E-state index contributed by atoms with van der Waals surface area (Å²) in [5.41, 5.74) is 0.435. The van der Waals surface area contributed by atoms with Gasteiger partial charge in [0.25, 0.3) is 5.91 Å². The largest absolute Gasteiger partial charge is 0.384 e. The number of nitrogens with one attached hydrogen (secondary N) is 1. The highest BCUT2D eigenvalue weighted by Crippen LogP contribution is 2.09. The molecular weight excluding hydrogens is 259 g/mol. The average molecular weight is 278 g/mol. The van der Waals surface area contributed by atoms with Gasteiger partial charge in [0.15, 0.2) is 0 Å². The number of benzene rings is 1. The molecular formula is C15H19FN2O2. The van der Waals surface area contributed by atoms with Gasteiger partial charge in [-0.15, -0.1) is 0 Å². The molecule has 0 fully saturated rings. The molecule has 5 heteroatoms. The van der Waals surface area contributed by atoms with Crippen LogP contribution in [0.3, 0.4) is 0 Å². The number of carbonyl (C=O) groups is 1. The van der Waals surface area contributed by atoms with Gasteiger partial charge in [0, 0.05) is 12.1 Å². The number of amides is 1. The van der Waals surface area contributed by atoms with Crippen molar-refractivity contribution < 1.29 is 14.3 Å². The predicted octanol–water partition coefficient (Wildman–Crippen LogP) is 0.851. The van der Waals surface area contributed by atoms with E-state index in [1.165, 1.54) is 12.1 Å². The van der Waals surface area contributed by atoms with Gasteiger partial charge in [-0.1, -0.05) is 11.8 Å². The van der Waals surface area contributed by atoms with E-state index < -0.39 is 5.82 Å². The minimum Gasteiger partial charge on any atom is -0.384 e. The van der Waals surface area contributed by atoms with Crippen LogP contribution < -0.4 is 5.32 Å². The SMILES string of the molecule is CN(C)CCCNC(=O)c1ccc(C#CCO)c(F)c1. The number of aliphatic hydroxyl groups excluding tert-OH is 1. The number of rotatable bonds is 5. The van der Waals surface area contributed by atoms with Gasteiger partial charge in [-0.05, 0) is 45.3 Å². The van der Waals surface area contributed by atoms with E-state index in [1.54, 1.807) is 0 Å². The first-order valence-electron chi connectivity index (χ1n) is 6.37. The molecule has 0 atom stereocenters. The highest BCUT2D eigenvalue weighted by molar-refractivity contribution is 5.94. The molecule has 0 spiro atoms. The van der Waals surface area contributed by atoms with Crippen LogP contribution in [0.5, 0.6) is 0 Å². The van der Waals surface area contributed by atoms with Crippen LogP contribution in [0, 0.1) is 17.7 Å². The molecule has 0 saturated carbocycles. The Labute approximate surface area is 118 Å². The summed E-state index contributed by atoms with van der Waals surface area (Å²) in [6, 6.07) is 4.11. The van der Waals surface area contributed by atoms with Gasteiger partial charge in [0.1, 0.15) is 12.4 Å². The molecule has 0 bridgehead atoms. The summed E-state index contributed by atoms with van der Waals surface area (Å²) < 4.78 is 13.7. The minimum atomic E-state index is -0.563. The van der Waals surface area contributed by atoms with Crippen LogP contribution >= 0.6 is 0 Å². The van der Waals surface area contributed by atoms with Gasteiger partial charge < -0.3 is 15.3 Å². The summed E-state index contributed by atoms with van der Waals surface area (Å²) in [6.45, 7) is 1.10. The molecule has 0 aliphatic rings. The van der Waals surface area contributed by atoms with E-state index in [9.17, 15) is 9.18 Å². The van der Waals surface area contributed by atoms with Crippen molar-refractivity contribution in [3.8, 4) is 11.8 Å². The zero-order valence-corrected chi connectivity index (χ0v) is 11.7. The van der Waals surface area contributed by atoms with Gasteiger partial charge in [0.05, 0.1) is 5.56 Å². The molecule has 1 aromatic carbocycles. The summed E-state index contributed by atoms with van der Waals surface area (Å²) in [5.74, 6) is 3.98. The number of hydrogen-bond donors (Lipinski definition) is 2. The Morgan fingerprint density at radius 3 is 2.80 bits per heavy atom. The molecule has 0 aliphatic carbocycles. The monoisotopic (exact) mass is 278 g/mol. The van der Waals surface area contributed by atoms with Crippen LogP contribution in [0.15, 0.2) is 18.2 Å². The quantitative estimate of drug-likeness (QED) is 0.620. The van der Waals surface area contributed by atoms with E-state index >= 15 is 0 Å². The zero-order valence-electron chi connectivity index (χ0n) is 11.7. The summed E-state index contributed by atoms with van der Waals surface area (Å²) >= 11 is 0. The Hall–Kier alpha value is -1.90. The van der Waals surface area contributed by atoms with Gasteiger partial charge in [0.2, 0.25) is 0 Å². The zero-order chi connectivity index (χ0) is 15.0. The Bertz CT molecular complexity index is 518. The van der Waals surface area contributed by atoms with E-state index in [-0.39, 0.29) is 23.6 Å². The van der Waals surface area contributed by atoms with Crippen molar-refractivity contribution in [1.29, 1.82) is 0 Å². The third-order valence-corrected chi connectivity index (χ3v) is 2.60. The minimum absolute atomic E-state index is 0.170. The standard InChI is InChI=1S/C15H19FN2O2/c1-18(2)9-4-8-17-15(20)13-7-6-12(5-3-10-19)14(16)11-13/h6-7,11,19H,4,8-10H2,1-2H3,(H,17,20). The second kappa shape index (κ2) is 8.31. The van der Waals surface area contributed by atoms with Gasteiger partial charge in [-0.2, -0.15) is 0 Å². The first kappa shape index (κ1) is 16.2.